The second-order valence-electron chi connectivity index (χ2n) is 4.67. The van der Waals surface area contributed by atoms with Crippen molar-refractivity contribution < 1.29 is 4.79 Å². The summed E-state index contributed by atoms with van der Waals surface area (Å²) < 4.78 is 0.513. The van der Waals surface area contributed by atoms with Crippen LogP contribution >= 0.6 is 58.3 Å². The molecule has 0 amide bonds. The van der Waals surface area contributed by atoms with Crippen molar-refractivity contribution in [2.45, 2.75) is 20.3 Å². The Kier molecular flexibility index (Phi) is 14.3. The van der Waals surface area contributed by atoms with Gasteiger partial charge >= 0.3 is 0 Å². The molecule has 0 unspecified atom stereocenters. The Morgan fingerprint density at radius 2 is 1.96 bits per heavy atom. The van der Waals surface area contributed by atoms with E-state index in [0.717, 1.165) is 0 Å². The molecule has 2 nitrogen and oxygen atoms in total. The molecule has 144 valence electrons. The van der Waals surface area contributed by atoms with Crippen molar-refractivity contribution in [2.24, 2.45) is 4.99 Å². The highest BCUT2D eigenvalue weighted by Crippen LogP contribution is 2.35. The summed E-state index contributed by atoms with van der Waals surface area (Å²) >= 11 is 20.8. The van der Waals surface area contributed by atoms with Crippen LogP contribution in [-0.2, 0) is 4.79 Å². The number of carbonyl (C=O) groups is 1. The lowest BCUT2D eigenvalue weighted by molar-refractivity contribution is -0.111. The molecule has 27 heavy (non-hydrogen) atoms. The van der Waals surface area contributed by atoms with Crippen molar-refractivity contribution in [1.29, 1.82) is 0 Å². The van der Waals surface area contributed by atoms with E-state index in [1.807, 2.05) is 19.3 Å². The highest BCUT2D eigenvalue weighted by atomic mass is 35.5. The number of hydrogen-bond donors (Lipinski definition) is 0. The van der Waals surface area contributed by atoms with Gasteiger partial charge in [-0.25, -0.2) is 0 Å². The van der Waals surface area contributed by atoms with Crippen LogP contribution in [0.1, 0.15) is 20.3 Å². The van der Waals surface area contributed by atoms with Crippen molar-refractivity contribution in [3.8, 4) is 0 Å². The van der Waals surface area contributed by atoms with Crippen LogP contribution in [0.4, 0.5) is 0 Å². The minimum absolute atomic E-state index is 0.141. The number of thioether (sulfide) groups is 2. The Labute approximate surface area is 184 Å². The second-order valence-corrected chi connectivity index (χ2v) is 7.96. The van der Waals surface area contributed by atoms with E-state index in [4.69, 9.17) is 34.8 Å². The topological polar surface area (TPSA) is 29.4 Å². The van der Waals surface area contributed by atoms with E-state index < -0.39 is 0 Å². The summed E-state index contributed by atoms with van der Waals surface area (Å²) in [5.74, 6) is -0.141. The third-order valence-electron chi connectivity index (χ3n) is 2.76. The highest BCUT2D eigenvalue weighted by molar-refractivity contribution is 8.07. The maximum atomic E-state index is 11.8. The summed E-state index contributed by atoms with van der Waals surface area (Å²) in [5.41, 5.74) is 5.80. The largest absolute Gasteiger partial charge is 0.293 e. The quantitative estimate of drug-likeness (QED) is 0.190. The fourth-order valence-corrected chi connectivity index (χ4v) is 2.97. The smallest absolute Gasteiger partial charge is 0.174 e. The van der Waals surface area contributed by atoms with Crippen molar-refractivity contribution in [2.75, 3.05) is 6.26 Å². The molecule has 0 aliphatic carbocycles. The third kappa shape index (κ3) is 10.7. The summed E-state index contributed by atoms with van der Waals surface area (Å²) in [6.45, 7) is 10.6. The van der Waals surface area contributed by atoms with Gasteiger partial charge in [0.2, 0.25) is 0 Å². The van der Waals surface area contributed by atoms with E-state index in [-0.39, 0.29) is 10.8 Å². The van der Waals surface area contributed by atoms with Crippen molar-refractivity contribution >= 4 is 69.8 Å². The van der Waals surface area contributed by atoms with E-state index in [1.54, 1.807) is 24.4 Å². The number of allylic oxidation sites excluding steroid dienone is 6. The average molecular weight is 461 g/mol. The zero-order valence-corrected chi connectivity index (χ0v) is 19.2. The van der Waals surface area contributed by atoms with E-state index in [1.165, 1.54) is 30.4 Å². The predicted octanol–water partition coefficient (Wildman–Crippen LogP) is 7.70. The van der Waals surface area contributed by atoms with Gasteiger partial charge in [-0.1, -0.05) is 83.7 Å². The lowest BCUT2D eigenvalue weighted by Gasteiger charge is -2.06. The van der Waals surface area contributed by atoms with Crippen LogP contribution in [0.5, 0.6) is 0 Å². The molecule has 0 fully saturated rings. The molecule has 0 rings (SSSR count). The van der Waals surface area contributed by atoms with Crippen LogP contribution in [0.3, 0.4) is 0 Å². The maximum Gasteiger partial charge on any atom is 0.174 e. The summed E-state index contributed by atoms with van der Waals surface area (Å²) in [4.78, 5) is 17.4. The van der Waals surface area contributed by atoms with Gasteiger partial charge in [-0.3, -0.25) is 9.79 Å². The van der Waals surface area contributed by atoms with Gasteiger partial charge in [0.15, 0.2) is 5.78 Å². The normalized spacial score (nSPS) is 12.8. The van der Waals surface area contributed by atoms with Crippen LogP contribution in [0.15, 0.2) is 84.4 Å². The summed E-state index contributed by atoms with van der Waals surface area (Å²) in [6.07, 6.45) is 10.6. The Bertz CT molecular complexity index is 807. The van der Waals surface area contributed by atoms with Gasteiger partial charge in [0.05, 0.1) is 10.7 Å². The van der Waals surface area contributed by atoms with Gasteiger partial charge in [-0.15, -0.1) is 17.5 Å². The lowest BCUT2D eigenvalue weighted by atomic mass is 10.2. The molecule has 0 bridgehead atoms. The van der Waals surface area contributed by atoms with Crippen molar-refractivity contribution in [1.82, 2.24) is 0 Å². The molecule has 0 spiro atoms. The van der Waals surface area contributed by atoms with Crippen LogP contribution < -0.4 is 0 Å². The minimum atomic E-state index is -0.141. The summed E-state index contributed by atoms with van der Waals surface area (Å²) in [5, 5.41) is 0.536. The van der Waals surface area contributed by atoms with Gasteiger partial charge < -0.3 is 0 Å². The summed E-state index contributed by atoms with van der Waals surface area (Å²) in [6, 6.07) is 0. The molecule has 0 saturated heterocycles. The molecule has 0 atom stereocenters. The fourth-order valence-electron chi connectivity index (χ4n) is 1.45. The minimum Gasteiger partial charge on any atom is -0.293 e. The molecule has 0 aromatic heterocycles. The van der Waals surface area contributed by atoms with Gasteiger partial charge in [0, 0.05) is 29.4 Å². The number of carbonyl (C=O) groups excluding carboxylic acids is 1. The van der Waals surface area contributed by atoms with E-state index >= 15 is 0 Å². The van der Waals surface area contributed by atoms with Crippen LogP contribution in [0, 0.1) is 0 Å². The molecular formula is C20H20Cl3NOS2. The zero-order chi connectivity index (χ0) is 20.8. The number of hydrogen-bond acceptors (Lipinski definition) is 4. The predicted molar refractivity (Wildman–Crippen MR) is 126 cm³/mol. The highest BCUT2D eigenvalue weighted by Gasteiger charge is 2.08. The molecule has 0 N–H and O–H groups in total. The molecule has 0 radical (unpaired) electrons. The van der Waals surface area contributed by atoms with Gasteiger partial charge in [-0.05, 0) is 19.3 Å². The average Bonchev–Trinajstić information content (AvgIpc) is 2.66. The number of nitrogens with zero attached hydrogens (tertiary/aromatic N) is 1. The first-order chi connectivity index (χ1) is 12.8. The van der Waals surface area contributed by atoms with Gasteiger partial charge in [-0.2, -0.15) is 0 Å². The molecule has 7 heteroatoms. The van der Waals surface area contributed by atoms with Crippen LogP contribution in [0.2, 0.25) is 0 Å². The van der Waals surface area contributed by atoms with Gasteiger partial charge in [0.1, 0.15) is 9.40 Å². The Morgan fingerprint density at radius 3 is 2.44 bits per heavy atom. The summed E-state index contributed by atoms with van der Waals surface area (Å²) in [7, 11) is 0. The van der Waals surface area contributed by atoms with Gasteiger partial charge in [0.25, 0.3) is 0 Å². The molecule has 0 aliphatic rings. The molecule has 0 heterocycles. The second kappa shape index (κ2) is 14.9. The van der Waals surface area contributed by atoms with Crippen LogP contribution in [0.25, 0.3) is 0 Å². The number of ketones is 1. The third-order valence-corrected chi connectivity index (χ3v) is 5.80. The van der Waals surface area contributed by atoms with Crippen molar-refractivity contribution in [3.63, 3.8) is 0 Å². The van der Waals surface area contributed by atoms with E-state index in [2.05, 4.69) is 29.6 Å². The SMILES string of the molecule is C=C=C(Cl)/C(Cl)=C(\C=C/C)S/C(C=C)=C/N=C(CC=C=C(Cl)SC)C(C)=O. The van der Waals surface area contributed by atoms with Crippen LogP contribution in [-0.4, -0.2) is 17.8 Å². The van der Waals surface area contributed by atoms with E-state index in [0.29, 0.717) is 31.3 Å². The van der Waals surface area contributed by atoms with E-state index in [9.17, 15) is 4.79 Å². The zero-order valence-electron chi connectivity index (χ0n) is 15.3. The Hall–Kier alpha value is -1.09. The number of halogens is 3. The number of Topliss-reactive ketones (excluding diaryl/α,β-unsaturated/α-hetero) is 1. The first-order valence-corrected chi connectivity index (χ1v) is 10.8. The molecule has 0 saturated carbocycles. The lowest BCUT2D eigenvalue weighted by Crippen LogP contribution is -2.07. The number of rotatable bonds is 10. The monoisotopic (exact) mass is 459 g/mol. The Morgan fingerprint density at radius 1 is 1.30 bits per heavy atom. The molecule has 0 aromatic carbocycles. The molecule has 0 aromatic rings. The standard InChI is InChI=1S/C20H20Cl3NOS2/c1-6-10-18(20(23)16(21)8-3)27-15(7-2)13-24-17(14(4)25)11-9-12-19(22)26-5/h6-7,9-10,13H,2-3,11H2,1,4-5H3/b10-6-,15-13+,20-18-,24-17?. The molecular weight excluding hydrogens is 441 g/mol. The fraction of sp³-hybridized carbons (Fsp3) is 0.200. The van der Waals surface area contributed by atoms with Crippen molar-refractivity contribution in [3.05, 3.63) is 79.4 Å². The first-order valence-electron chi connectivity index (χ1n) is 7.61. The first kappa shape index (κ1) is 25.9. The Balaban J connectivity index is 5.78. The molecule has 0 aliphatic heterocycles. The maximum absolute atomic E-state index is 11.8. The number of aliphatic imine (C=N–C) groups is 1.